The first-order valence-electron chi connectivity index (χ1n) is 5.83. The van der Waals surface area contributed by atoms with Crippen LogP contribution in [0.4, 0.5) is 11.4 Å². The highest BCUT2D eigenvalue weighted by molar-refractivity contribution is 7.86. The highest BCUT2D eigenvalue weighted by Gasteiger charge is 2.19. The van der Waals surface area contributed by atoms with Crippen LogP contribution >= 0.6 is 0 Å². The lowest BCUT2D eigenvalue weighted by Gasteiger charge is -2.17. The molecule has 0 aliphatic rings. The standard InChI is InChI=1S/C13H20N2O2S/c1-13(2,3)18(17)8-7-12(16)15-11-6-4-5-10(14)9-11/h4-6,9H,7-8,14H2,1-3H3,(H,15,16). The second-order valence-corrected chi connectivity index (χ2v) is 7.41. The van der Waals surface area contributed by atoms with Crippen molar-refractivity contribution in [1.82, 2.24) is 0 Å². The summed E-state index contributed by atoms with van der Waals surface area (Å²) >= 11 is 0. The summed E-state index contributed by atoms with van der Waals surface area (Å²) in [5, 5.41) is 2.74. The first-order valence-corrected chi connectivity index (χ1v) is 7.15. The molecule has 18 heavy (non-hydrogen) atoms. The molecule has 3 N–H and O–H groups in total. The Balaban J connectivity index is 2.46. The normalized spacial score (nSPS) is 13.1. The molecule has 0 heterocycles. The number of hydrogen-bond donors (Lipinski definition) is 2. The molecule has 100 valence electrons. The van der Waals surface area contributed by atoms with Gasteiger partial charge in [0.1, 0.15) is 0 Å². The van der Waals surface area contributed by atoms with Crippen LogP contribution in [-0.2, 0) is 15.6 Å². The number of carbonyl (C=O) groups is 1. The Labute approximate surface area is 110 Å². The third-order valence-electron chi connectivity index (χ3n) is 2.37. The van der Waals surface area contributed by atoms with Gasteiger partial charge in [-0.25, -0.2) is 0 Å². The number of carbonyl (C=O) groups excluding carboxylic acids is 1. The van der Waals surface area contributed by atoms with Crippen LogP contribution in [0.25, 0.3) is 0 Å². The number of hydrogen-bond acceptors (Lipinski definition) is 3. The van der Waals surface area contributed by atoms with Crippen molar-refractivity contribution in [2.45, 2.75) is 31.9 Å². The van der Waals surface area contributed by atoms with Crippen LogP contribution in [0.1, 0.15) is 27.2 Å². The van der Waals surface area contributed by atoms with Crippen molar-refractivity contribution in [2.24, 2.45) is 0 Å². The van der Waals surface area contributed by atoms with Gasteiger partial charge in [-0.05, 0) is 39.0 Å². The molecular weight excluding hydrogens is 248 g/mol. The lowest BCUT2D eigenvalue weighted by atomic mass is 10.3. The Morgan fingerprint density at radius 3 is 2.61 bits per heavy atom. The fraction of sp³-hybridized carbons (Fsp3) is 0.462. The summed E-state index contributed by atoms with van der Waals surface area (Å²) in [7, 11) is -1.01. The zero-order chi connectivity index (χ0) is 13.8. The Kier molecular flexibility index (Phi) is 4.90. The largest absolute Gasteiger partial charge is 0.399 e. The maximum absolute atomic E-state index is 11.8. The number of rotatable bonds is 4. The minimum absolute atomic E-state index is 0.141. The van der Waals surface area contributed by atoms with E-state index in [0.29, 0.717) is 17.1 Å². The maximum atomic E-state index is 11.8. The molecule has 1 aromatic rings. The highest BCUT2D eigenvalue weighted by atomic mass is 32.2. The van der Waals surface area contributed by atoms with Gasteiger partial charge in [-0.15, -0.1) is 0 Å². The topological polar surface area (TPSA) is 72.2 Å². The Hall–Kier alpha value is -1.36. The third kappa shape index (κ3) is 4.87. The molecule has 1 amide bonds. The van der Waals surface area contributed by atoms with Gasteiger partial charge in [0.15, 0.2) is 0 Å². The van der Waals surface area contributed by atoms with Crippen molar-refractivity contribution in [2.75, 3.05) is 16.8 Å². The molecule has 5 heteroatoms. The van der Waals surface area contributed by atoms with Crippen LogP contribution in [0.15, 0.2) is 24.3 Å². The Morgan fingerprint density at radius 2 is 2.06 bits per heavy atom. The van der Waals surface area contributed by atoms with Crippen molar-refractivity contribution < 1.29 is 9.00 Å². The molecule has 0 aromatic heterocycles. The van der Waals surface area contributed by atoms with Gasteiger partial charge in [-0.2, -0.15) is 0 Å². The minimum atomic E-state index is -1.01. The fourth-order valence-corrected chi connectivity index (χ4v) is 2.31. The van der Waals surface area contributed by atoms with E-state index in [0.717, 1.165) is 0 Å². The summed E-state index contributed by atoms with van der Waals surface area (Å²) in [4.78, 5) is 11.7. The Bertz CT molecular complexity index is 453. The van der Waals surface area contributed by atoms with Gasteiger partial charge in [-0.3, -0.25) is 9.00 Å². The zero-order valence-corrected chi connectivity index (χ0v) is 11.8. The molecule has 0 aliphatic carbocycles. The maximum Gasteiger partial charge on any atom is 0.225 e. The Morgan fingerprint density at radius 1 is 1.39 bits per heavy atom. The molecule has 0 bridgehead atoms. The molecule has 0 radical (unpaired) electrons. The second-order valence-electron chi connectivity index (χ2n) is 5.09. The van der Waals surface area contributed by atoms with E-state index < -0.39 is 10.8 Å². The lowest BCUT2D eigenvalue weighted by molar-refractivity contribution is -0.115. The van der Waals surface area contributed by atoms with Gasteiger partial charge in [-0.1, -0.05) is 6.07 Å². The average Bonchev–Trinajstić information content (AvgIpc) is 2.24. The van der Waals surface area contributed by atoms with E-state index in [4.69, 9.17) is 5.73 Å². The summed E-state index contributed by atoms with van der Waals surface area (Å²) < 4.78 is 11.5. The van der Waals surface area contributed by atoms with E-state index in [-0.39, 0.29) is 17.1 Å². The fourth-order valence-electron chi connectivity index (χ4n) is 1.33. The van der Waals surface area contributed by atoms with Crippen LogP contribution in [0.5, 0.6) is 0 Å². The van der Waals surface area contributed by atoms with Gasteiger partial charge < -0.3 is 11.1 Å². The first kappa shape index (κ1) is 14.7. The zero-order valence-electron chi connectivity index (χ0n) is 11.0. The summed E-state index contributed by atoms with van der Waals surface area (Å²) in [5.74, 6) is 0.232. The number of anilines is 2. The van der Waals surface area contributed by atoms with Gasteiger partial charge in [0.2, 0.25) is 5.91 Å². The van der Waals surface area contributed by atoms with Gasteiger partial charge in [0.05, 0.1) is 0 Å². The van der Waals surface area contributed by atoms with Gasteiger partial charge in [0, 0.05) is 39.1 Å². The van der Waals surface area contributed by atoms with Crippen molar-refractivity contribution in [3.63, 3.8) is 0 Å². The second kappa shape index (κ2) is 6.00. The van der Waals surface area contributed by atoms with E-state index in [1.807, 2.05) is 20.8 Å². The molecule has 1 atom stereocenters. The highest BCUT2D eigenvalue weighted by Crippen LogP contribution is 2.14. The molecular formula is C13H20N2O2S. The molecule has 1 unspecified atom stereocenters. The van der Waals surface area contributed by atoms with Crippen molar-refractivity contribution in [3.8, 4) is 0 Å². The summed E-state index contributed by atoms with van der Waals surface area (Å²) in [6.45, 7) is 5.71. The monoisotopic (exact) mass is 268 g/mol. The molecule has 0 saturated carbocycles. The molecule has 0 saturated heterocycles. The van der Waals surface area contributed by atoms with Crippen LogP contribution < -0.4 is 11.1 Å². The SMILES string of the molecule is CC(C)(C)S(=O)CCC(=O)Nc1cccc(N)c1. The number of nitrogens with two attached hydrogens (primary N) is 1. The van der Waals surface area contributed by atoms with Crippen molar-refractivity contribution in [3.05, 3.63) is 24.3 Å². The average molecular weight is 268 g/mol. The third-order valence-corrected chi connectivity index (χ3v) is 4.31. The number of nitrogen functional groups attached to an aromatic ring is 1. The number of benzene rings is 1. The predicted molar refractivity (Wildman–Crippen MR) is 76.9 cm³/mol. The van der Waals surface area contributed by atoms with Crippen LogP contribution in [0.3, 0.4) is 0 Å². The quantitative estimate of drug-likeness (QED) is 0.822. The lowest BCUT2D eigenvalue weighted by Crippen LogP contribution is -2.26. The minimum Gasteiger partial charge on any atom is -0.399 e. The summed E-state index contributed by atoms with van der Waals surface area (Å²) in [6.07, 6.45) is 0.249. The van der Waals surface area contributed by atoms with E-state index in [2.05, 4.69) is 5.32 Å². The predicted octanol–water partition coefficient (Wildman–Crippen LogP) is 2.14. The van der Waals surface area contributed by atoms with Crippen molar-refractivity contribution in [1.29, 1.82) is 0 Å². The molecule has 0 aliphatic heterocycles. The van der Waals surface area contributed by atoms with E-state index in [9.17, 15) is 9.00 Å². The van der Waals surface area contributed by atoms with Crippen LogP contribution in [-0.4, -0.2) is 20.6 Å². The first-order chi connectivity index (χ1) is 8.29. The summed E-state index contributed by atoms with van der Waals surface area (Å²) in [6, 6.07) is 7.00. The van der Waals surface area contributed by atoms with E-state index >= 15 is 0 Å². The van der Waals surface area contributed by atoms with Crippen LogP contribution in [0, 0.1) is 0 Å². The van der Waals surface area contributed by atoms with Gasteiger partial charge in [0.25, 0.3) is 0 Å². The molecule has 4 nitrogen and oxygen atoms in total. The van der Waals surface area contributed by atoms with Crippen LogP contribution in [0.2, 0.25) is 0 Å². The molecule has 0 fully saturated rings. The van der Waals surface area contributed by atoms with E-state index in [1.54, 1.807) is 24.3 Å². The summed E-state index contributed by atoms with van der Waals surface area (Å²) in [5.41, 5.74) is 6.88. The molecule has 1 rings (SSSR count). The number of nitrogens with one attached hydrogen (secondary N) is 1. The number of amides is 1. The van der Waals surface area contributed by atoms with E-state index in [1.165, 1.54) is 0 Å². The molecule has 1 aromatic carbocycles. The van der Waals surface area contributed by atoms with Gasteiger partial charge >= 0.3 is 0 Å². The smallest absolute Gasteiger partial charge is 0.225 e. The van der Waals surface area contributed by atoms with Crippen molar-refractivity contribution >= 4 is 28.1 Å². The molecule has 0 spiro atoms.